The molecule has 2 saturated heterocycles. The van der Waals surface area contributed by atoms with Gasteiger partial charge in [0.25, 0.3) is 5.91 Å². The minimum absolute atomic E-state index is 0.304. The molecule has 0 aromatic carbocycles. The van der Waals surface area contributed by atoms with E-state index in [-0.39, 0.29) is 5.91 Å². The number of nitrogens with zero attached hydrogens (tertiary/aromatic N) is 1. The molecule has 0 aromatic rings. The number of carbonyl (C=O) groups excluding carboxylic acids is 3. The Bertz CT molecular complexity index is 347. The number of methoxy groups -OCH3 is 1. The lowest BCUT2D eigenvalue weighted by Gasteiger charge is -2.36. The second kappa shape index (κ2) is 3.66. The number of nitrogens with one attached hydrogen (secondary N) is 2. The Morgan fingerprint density at radius 2 is 2.00 bits per heavy atom. The molecule has 2 heterocycles. The van der Waals surface area contributed by atoms with Gasteiger partial charge in [-0.15, -0.1) is 0 Å². The molecule has 1 spiro atoms. The standard InChI is InChI=1S/C9H13N3O4/c1-16-8(15)12-4-2-9(3-5-12)6(13)10-7(14)11-9/h2-5H2,1H3,(H2,10,11,13,14). The van der Waals surface area contributed by atoms with Gasteiger partial charge in [-0.25, -0.2) is 9.59 Å². The van der Waals surface area contributed by atoms with Gasteiger partial charge in [0, 0.05) is 13.1 Å². The Morgan fingerprint density at radius 1 is 1.38 bits per heavy atom. The molecule has 2 fully saturated rings. The molecule has 0 radical (unpaired) electrons. The van der Waals surface area contributed by atoms with Crippen molar-refractivity contribution in [2.45, 2.75) is 18.4 Å². The SMILES string of the molecule is COC(=O)N1CCC2(CC1)NC(=O)NC2=O. The van der Waals surface area contributed by atoms with Gasteiger partial charge in [-0.05, 0) is 12.8 Å². The Hall–Kier alpha value is -1.79. The highest BCUT2D eigenvalue weighted by atomic mass is 16.5. The number of hydrogen-bond acceptors (Lipinski definition) is 4. The summed E-state index contributed by atoms with van der Waals surface area (Å²) in [5.41, 5.74) is -0.832. The van der Waals surface area contributed by atoms with Crippen molar-refractivity contribution >= 4 is 18.0 Å². The maximum atomic E-state index is 11.6. The van der Waals surface area contributed by atoms with E-state index in [9.17, 15) is 14.4 Å². The monoisotopic (exact) mass is 227 g/mol. The second-order valence-electron chi connectivity index (χ2n) is 3.95. The van der Waals surface area contributed by atoms with E-state index < -0.39 is 17.7 Å². The first-order valence-corrected chi connectivity index (χ1v) is 5.04. The van der Waals surface area contributed by atoms with Crippen LogP contribution in [0, 0.1) is 0 Å². The van der Waals surface area contributed by atoms with Crippen molar-refractivity contribution in [2.75, 3.05) is 20.2 Å². The summed E-state index contributed by atoms with van der Waals surface area (Å²) in [7, 11) is 1.32. The van der Waals surface area contributed by atoms with Gasteiger partial charge in [0.1, 0.15) is 5.54 Å². The molecule has 4 amide bonds. The summed E-state index contributed by atoms with van der Waals surface area (Å²) >= 11 is 0. The van der Waals surface area contributed by atoms with Crippen molar-refractivity contribution in [3.05, 3.63) is 0 Å². The fourth-order valence-electron chi connectivity index (χ4n) is 2.08. The number of piperidine rings is 1. The zero-order valence-corrected chi connectivity index (χ0v) is 8.91. The number of rotatable bonds is 0. The number of amides is 4. The molecular weight excluding hydrogens is 214 g/mol. The smallest absolute Gasteiger partial charge is 0.409 e. The summed E-state index contributed by atoms with van der Waals surface area (Å²) in [5, 5.41) is 4.83. The van der Waals surface area contributed by atoms with E-state index in [1.54, 1.807) is 0 Å². The zero-order valence-electron chi connectivity index (χ0n) is 8.91. The van der Waals surface area contributed by atoms with E-state index in [0.29, 0.717) is 25.9 Å². The van der Waals surface area contributed by atoms with Crippen molar-refractivity contribution in [2.24, 2.45) is 0 Å². The van der Waals surface area contributed by atoms with Crippen LogP contribution in [0.1, 0.15) is 12.8 Å². The second-order valence-corrected chi connectivity index (χ2v) is 3.95. The molecule has 0 atom stereocenters. The highest BCUT2D eigenvalue weighted by Crippen LogP contribution is 2.25. The predicted octanol–water partition coefficient (Wildman–Crippen LogP) is -0.573. The summed E-state index contributed by atoms with van der Waals surface area (Å²) in [6.45, 7) is 0.806. The highest BCUT2D eigenvalue weighted by molar-refractivity contribution is 6.07. The lowest BCUT2D eigenvalue weighted by Crippen LogP contribution is -2.55. The van der Waals surface area contributed by atoms with Crippen LogP contribution in [0.25, 0.3) is 0 Å². The first-order valence-electron chi connectivity index (χ1n) is 5.04. The molecule has 7 nitrogen and oxygen atoms in total. The molecule has 0 bridgehead atoms. The Morgan fingerprint density at radius 3 is 2.44 bits per heavy atom. The summed E-state index contributed by atoms with van der Waals surface area (Å²) in [4.78, 5) is 35.4. The van der Waals surface area contributed by atoms with E-state index in [4.69, 9.17) is 0 Å². The van der Waals surface area contributed by atoms with E-state index in [0.717, 1.165) is 0 Å². The number of carbonyl (C=O) groups is 3. The van der Waals surface area contributed by atoms with Gasteiger partial charge in [0.2, 0.25) is 0 Å². The van der Waals surface area contributed by atoms with E-state index in [1.165, 1.54) is 12.0 Å². The molecule has 7 heteroatoms. The van der Waals surface area contributed by atoms with Gasteiger partial charge in [-0.1, -0.05) is 0 Å². The lowest BCUT2D eigenvalue weighted by atomic mass is 9.88. The van der Waals surface area contributed by atoms with Crippen LogP contribution in [0.15, 0.2) is 0 Å². The summed E-state index contributed by atoms with van der Waals surface area (Å²) in [5.74, 6) is -0.304. The molecular formula is C9H13N3O4. The van der Waals surface area contributed by atoms with Crippen LogP contribution in [0.2, 0.25) is 0 Å². The van der Waals surface area contributed by atoms with E-state index in [2.05, 4.69) is 15.4 Å². The Balaban J connectivity index is 2.02. The minimum Gasteiger partial charge on any atom is -0.453 e. The third kappa shape index (κ3) is 1.58. The molecule has 0 unspecified atom stereocenters. The normalized spacial score (nSPS) is 22.9. The first-order chi connectivity index (χ1) is 7.57. The average Bonchev–Trinajstić information content (AvgIpc) is 2.54. The molecule has 16 heavy (non-hydrogen) atoms. The van der Waals surface area contributed by atoms with E-state index >= 15 is 0 Å². The summed E-state index contributed by atoms with van der Waals surface area (Å²) in [6.07, 6.45) is 0.430. The van der Waals surface area contributed by atoms with Gasteiger partial charge in [-0.2, -0.15) is 0 Å². The molecule has 2 rings (SSSR count). The first kappa shape index (κ1) is 10.7. The van der Waals surface area contributed by atoms with Crippen molar-refractivity contribution < 1.29 is 19.1 Å². The van der Waals surface area contributed by atoms with Crippen molar-refractivity contribution in [3.8, 4) is 0 Å². The predicted molar refractivity (Wildman–Crippen MR) is 52.6 cm³/mol. The lowest BCUT2D eigenvalue weighted by molar-refractivity contribution is -0.125. The van der Waals surface area contributed by atoms with Crippen LogP contribution in [-0.2, 0) is 9.53 Å². The molecule has 0 saturated carbocycles. The molecule has 2 aliphatic rings. The summed E-state index contributed by atoms with van der Waals surface area (Å²) in [6, 6.07) is -0.462. The maximum Gasteiger partial charge on any atom is 0.409 e. The van der Waals surface area contributed by atoms with Crippen molar-refractivity contribution in [1.82, 2.24) is 15.5 Å². The molecule has 0 aromatic heterocycles. The topological polar surface area (TPSA) is 87.7 Å². The van der Waals surface area contributed by atoms with Gasteiger partial charge in [-0.3, -0.25) is 10.1 Å². The van der Waals surface area contributed by atoms with Crippen molar-refractivity contribution in [3.63, 3.8) is 0 Å². The Kier molecular flexibility index (Phi) is 2.45. The van der Waals surface area contributed by atoms with Crippen LogP contribution >= 0.6 is 0 Å². The number of hydrogen-bond donors (Lipinski definition) is 2. The minimum atomic E-state index is -0.832. The number of likely N-dealkylation sites (tertiary alicyclic amines) is 1. The quantitative estimate of drug-likeness (QED) is 0.542. The fraction of sp³-hybridized carbons (Fsp3) is 0.667. The van der Waals surface area contributed by atoms with Gasteiger partial charge in [0.15, 0.2) is 0 Å². The Labute approximate surface area is 92.1 Å². The van der Waals surface area contributed by atoms with Crippen LogP contribution in [0.3, 0.4) is 0 Å². The fourth-order valence-corrected chi connectivity index (χ4v) is 2.08. The van der Waals surface area contributed by atoms with Gasteiger partial charge < -0.3 is 15.0 Å². The number of ether oxygens (including phenoxy) is 1. The third-order valence-electron chi connectivity index (χ3n) is 3.06. The van der Waals surface area contributed by atoms with Gasteiger partial charge in [0.05, 0.1) is 7.11 Å². The van der Waals surface area contributed by atoms with Crippen LogP contribution in [-0.4, -0.2) is 48.7 Å². The largest absolute Gasteiger partial charge is 0.453 e. The third-order valence-corrected chi connectivity index (χ3v) is 3.06. The molecule has 88 valence electrons. The molecule has 0 aliphatic carbocycles. The summed E-state index contributed by atoms with van der Waals surface area (Å²) < 4.78 is 4.59. The van der Waals surface area contributed by atoms with E-state index in [1.807, 2.05) is 0 Å². The number of urea groups is 1. The van der Waals surface area contributed by atoms with Crippen molar-refractivity contribution in [1.29, 1.82) is 0 Å². The highest BCUT2D eigenvalue weighted by Gasteiger charge is 2.48. The molecule has 2 aliphatic heterocycles. The average molecular weight is 227 g/mol. The van der Waals surface area contributed by atoms with Crippen LogP contribution in [0.4, 0.5) is 9.59 Å². The molecule has 2 N–H and O–H groups in total. The van der Waals surface area contributed by atoms with Gasteiger partial charge >= 0.3 is 12.1 Å². The van der Waals surface area contributed by atoms with Crippen LogP contribution < -0.4 is 10.6 Å². The zero-order chi connectivity index (χ0) is 11.8. The number of imide groups is 1. The van der Waals surface area contributed by atoms with Crippen LogP contribution in [0.5, 0.6) is 0 Å². The maximum absolute atomic E-state index is 11.6.